The zero-order valence-corrected chi connectivity index (χ0v) is 14.9. The molecule has 2 fully saturated rings. The number of fused-ring (bicyclic) bond motifs is 2. The highest BCUT2D eigenvalue weighted by atomic mass is 16.5. The molecule has 0 spiro atoms. The van der Waals surface area contributed by atoms with Crippen molar-refractivity contribution in [1.82, 2.24) is 4.90 Å². The number of nitrogens with zero attached hydrogens (tertiary/aromatic N) is 1. The quantitative estimate of drug-likeness (QED) is 0.799. The maximum Gasteiger partial charge on any atom is 0.321 e. The van der Waals surface area contributed by atoms with Crippen molar-refractivity contribution < 1.29 is 9.53 Å². The first-order valence-electron chi connectivity index (χ1n) is 9.11. The minimum absolute atomic E-state index is 0.0560. The first-order valence-corrected chi connectivity index (χ1v) is 9.11. The Labute approximate surface area is 149 Å². The highest BCUT2D eigenvalue weighted by Crippen LogP contribution is 2.41. The Balaban J connectivity index is 1.64. The number of carbonyl (C=O) groups is 1. The van der Waals surface area contributed by atoms with E-state index < -0.39 is 5.41 Å². The van der Waals surface area contributed by atoms with Crippen LogP contribution in [0.1, 0.15) is 30.9 Å². The molecular formula is C22H25NO2. The smallest absolute Gasteiger partial charge is 0.321 e. The summed E-state index contributed by atoms with van der Waals surface area (Å²) < 4.78 is 6.10. The van der Waals surface area contributed by atoms with Gasteiger partial charge in [0.05, 0.1) is 0 Å². The van der Waals surface area contributed by atoms with Crippen LogP contribution in [0.5, 0.6) is 0 Å². The molecule has 0 unspecified atom stereocenters. The predicted octanol–water partition coefficient (Wildman–Crippen LogP) is 3.63. The Morgan fingerprint density at radius 2 is 1.56 bits per heavy atom. The number of benzene rings is 2. The van der Waals surface area contributed by atoms with Crippen molar-refractivity contribution >= 4 is 5.97 Å². The molecule has 130 valence electrons. The first kappa shape index (κ1) is 16.3. The van der Waals surface area contributed by atoms with Gasteiger partial charge in [-0.3, -0.25) is 4.79 Å². The summed E-state index contributed by atoms with van der Waals surface area (Å²) >= 11 is 0. The predicted molar refractivity (Wildman–Crippen MR) is 98.4 cm³/mol. The lowest BCUT2D eigenvalue weighted by Crippen LogP contribution is -2.42. The van der Waals surface area contributed by atoms with Crippen molar-refractivity contribution in [3.05, 3.63) is 71.8 Å². The van der Waals surface area contributed by atoms with Crippen molar-refractivity contribution in [3.63, 3.8) is 0 Å². The molecule has 1 saturated heterocycles. The highest BCUT2D eigenvalue weighted by molar-refractivity contribution is 5.87. The van der Waals surface area contributed by atoms with Crippen LogP contribution >= 0.6 is 0 Å². The molecule has 0 amide bonds. The Morgan fingerprint density at radius 1 is 1.00 bits per heavy atom. The van der Waals surface area contributed by atoms with E-state index in [1.165, 1.54) is 0 Å². The van der Waals surface area contributed by atoms with Crippen molar-refractivity contribution in [1.29, 1.82) is 0 Å². The molecule has 3 atom stereocenters. The largest absolute Gasteiger partial charge is 0.461 e. The number of piperidine rings is 1. The molecule has 2 bridgehead atoms. The molecule has 2 aromatic rings. The number of hydrogen-bond donors (Lipinski definition) is 0. The van der Waals surface area contributed by atoms with E-state index in [2.05, 4.69) is 11.9 Å². The molecule has 1 aliphatic heterocycles. The molecule has 3 heteroatoms. The third kappa shape index (κ3) is 2.77. The summed E-state index contributed by atoms with van der Waals surface area (Å²) in [5.41, 5.74) is 1.17. The molecule has 0 radical (unpaired) electrons. The van der Waals surface area contributed by atoms with Crippen LogP contribution < -0.4 is 0 Å². The van der Waals surface area contributed by atoms with Gasteiger partial charge in [0.15, 0.2) is 0 Å². The molecule has 3 nitrogen and oxygen atoms in total. The summed E-state index contributed by atoms with van der Waals surface area (Å²) in [6.45, 7) is 3.02. The molecule has 1 heterocycles. The highest BCUT2D eigenvalue weighted by Gasteiger charge is 2.47. The van der Waals surface area contributed by atoms with E-state index in [1.807, 2.05) is 67.6 Å². The SMILES string of the molecule is CN1C[C@H]2C[C@@H]1C[C@@H]2OC(=O)C(C)(c1ccccc1)c1ccccc1. The van der Waals surface area contributed by atoms with Gasteiger partial charge >= 0.3 is 5.97 Å². The fourth-order valence-corrected chi connectivity index (χ4v) is 4.47. The maximum atomic E-state index is 13.3. The van der Waals surface area contributed by atoms with Gasteiger partial charge in [-0.1, -0.05) is 60.7 Å². The van der Waals surface area contributed by atoms with E-state index in [0.29, 0.717) is 12.0 Å². The summed E-state index contributed by atoms with van der Waals surface area (Å²) in [6, 6.07) is 20.5. The van der Waals surface area contributed by atoms with E-state index in [0.717, 1.165) is 30.5 Å². The first-order chi connectivity index (χ1) is 12.1. The molecule has 1 saturated carbocycles. The van der Waals surface area contributed by atoms with Gasteiger partial charge in [-0.2, -0.15) is 0 Å². The van der Waals surface area contributed by atoms with Crippen molar-refractivity contribution in [3.8, 4) is 0 Å². The third-order valence-corrected chi connectivity index (χ3v) is 6.12. The van der Waals surface area contributed by atoms with Gasteiger partial charge in [-0.15, -0.1) is 0 Å². The molecule has 0 N–H and O–H groups in total. The molecule has 0 aromatic heterocycles. The molecule has 1 aliphatic carbocycles. The lowest BCUT2D eigenvalue weighted by molar-refractivity contribution is -0.157. The summed E-state index contributed by atoms with van der Waals surface area (Å²) in [6.07, 6.45) is 2.18. The van der Waals surface area contributed by atoms with Crippen molar-refractivity contribution in [2.24, 2.45) is 5.92 Å². The average Bonchev–Trinajstić information content (AvgIpc) is 3.21. The Bertz CT molecular complexity index is 702. The van der Waals surface area contributed by atoms with Crippen LogP contribution in [0.15, 0.2) is 60.7 Å². The van der Waals surface area contributed by atoms with Crippen LogP contribution in [0.25, 0.3) is 0 Å². The van der Waals surface area contributed by atoms with Gasteiger partial charge in [0, 0.05) is 24.9 Å². The second kappa shape index (κ2) is 6.30. The van der Waals surface area contributed by atoms with Gasteiger partial charge in [0.25, 0.3) is 0 Å². The number of ether oxygens (including phenoxy) is 1. The van der Waals surface area contributed by atoms with Gasteiger partial charge in [-0.05, 0) is 31.5 Å². The van der Waals surface area contributed by atoms with Gasteiger partial charge in [-0.25, -0.2) is 0 Å². The topological polar surface area (TPSA) is 29.5 Å². The van der Waals surface area contributed by atoms with E-state index in [9.17, 15) is 4.79 Å². The Morgan fingerprint density at radius 3 is 2.00 bits per heavy atom. The van der Waals surface area contributed by atoms with Crippen LogP contribution in [0.4, 0.5) is 0 Å². The number of esters is 1. The summed E-state index contributed by atoms with van der Waals surface area (Å²) in [5, 5.41) is 0. The monoisotopic (exact) mass is 335 g/mol. The standard InChI is InChI=1S/C22H25NO2/c1-22(17-9-5-3-6-10-17,18-11-7-4-8-12-18)21(24)25-20-14-19-13-16(20)15-23(19)2/h3-12,16,19-20H,13-15H2,1-2H3/t16-,19-,20+/m1/s1. The zero-order valence-electron chi connectivity index (χ0n) is 14.9. The van der Waals surface area contributed by atoms with Crippen molar-refractivity contribution in [2.45, 2.75) is 37.3 Å². The van der Waals surface area contributed by atoms with E-state index >= 15 is 0 Å². The number of hydrogen-bond acceptors (Lipinski definition) is 3. The Hall–Kier alpha value is -2.13. The van der Waals surface area contributed by atoms with Crippen LogP contribution in [0.2, 0.25) is 0 Å². The summed E-state index contributed by atoms with van der Waals surface area (Å²) in [4.78, 5) is 15.7. The van der Waals surface area contributed by atoms with E-state index in [1.54, 1.807) is 0 Å². The minimum atomic E-state index is -0.781. The number of carbonyl (C=O) groups excluding carboxylic acids is 1. The summed E-state index contributed by atoms with van der Waals surface area (Å²) in [5.74, 6) is 0.347. The number of likely N-dealkylation sites (tertiary alicyclic amines) is 1. The fourth-order valence-electron chi connectivity index (χ4n) is 4.47. The zero-order chi connectivity index (χ0) is 17.4. The summed E-state index contributed by atoms with van der Waals surface area (Å²) in [7, 11) is 2.17. The van der Waals surface area contributed by atoms with Crippen LogP contribution in [0.3, 0.4) is 0 Å². The molecule has 25 heavy (non-hydrogen) atoms. The maximum absolute atomic E-state index is 13.3. The van der Waals surface area contributed by atoms with E-state index in [-0.39, 0.29) is 12.1 Å². The normalized spacial score (nSPS) is 25.9. The third-order valence-electron chi connectivity index (χ3n) is 6.12. The lowest BCUT2D eigenvalue weighted by Gasteiger charge is -2.33. The Kier molecular flexibility index (Phi) is 4.12. The van der Waals surface area contributed by atoms with Crippen LogP contribution in [0, 0.1) is 5.92 Å². The van der Waals surface area contributed by atoms with Crippen LogP contribution in [-0.2, 0) is 14.9 Å². The molecule has 2 aromatic carbocycles. The second-order valence-corrected chi connectivity index (χ2v) is 7.63. The molecule has 2 aliphatic rings. The van der Waals surface area contributed by atoms with Gasteiger partial charge < -0.3 is 9.64 Å². The minimum Gasteiger partial charge on any atom is -0.461 e. The average molecular weight is 335 g/mol. The van der Waals surface area contributed by atoms with Gasteiger partial charge in [0.2, 0.25) is 0 Å². The second-order valence-electron chi connectivity index (χ2n) is 7.63. The number of rotatable bonds is 4. The lowest BCUT2D eigenvalue weighted by atomic mass is 9.76. The molecule has 4 rings (SSSR count). The van der Waals surface area contributed by atoms with Crippen LogP contribution in [-0.4, -0.2) is 36.6 Å². The fraction of sp³-hybridized carbons (Fsp3) is 0.409. The van der Waals surface area contributed by atoms with E-state index in [4.69, 9.17) is 4.74 Å². The van der Waals surface area contributed by atoms with Crippen molar-refractivity contribution in [2.75, 3.05) is 13.6 Å². The van der Waals surface area contributed by atoms with Gasteiger partial charge in [0.1, 0.15) is 11.5 Å². The molecular weight excluding hydrogens is 310 g/mol.